The molecule has 0 amide bonds. The molecule has 0 radical (unpaired) electrons. The number of hydrogen-bond acceptors (Lipinski definition) is 2. The molecule has 0 saturated heterocycles. The van der Waals surface area contributed by atoms with E-state index in [0.29, 0.717) is 5.95 Å². The van der Waals surface area contributed by atoms with Gasteiger partial charge >= 0.3 is 0 Å². The Morgan fingerprint density at radius 2 is 1.14 bits per heavy atom. The quantitative estimate of drug-likeness (QED) is 0.265. The van der Waals surface area contributed by atoms with Gasteiger partial charge in [-0.15, -0.1) is 0 Å². The van der Waals surface area contributed by atoms with Crippen molar-refractivity contribution in [1.29, 1.82) is 0 Å². The van der Waals surface area contributed by atoms with Gasteiger partial charge in [0, 0.05) is 27.3 Å². The minimum Gasteiger partial charge on any atom is -0.278 e. The molecule has 2 aromatic heterocycles. The number of hydrogen-bond donors (Lipinski definition) is 0. The summed E-state index contributed by atoms with van der Waals surface area (Å²) in [7, 11) is 0. The summed E-state index contributed by atoms with van der Waals surface area (Å²) in [5, 5.41) is 2.42. The Morgan fingerprint density at radius 1 is 0.583 bits per heavy atom. The van der Waals surface area contributed by atoms with Crippen LogP contribution in [-0.2, 0) is 5.41 Å². The first kappa shape index (κ1) is 20.8. The Hall–Kier alpha value is -4.50. The number of benzene rings is 4. The molecule has 2 heterocycles. The molecular formula is C33H25N3. The van der Waals surface area contributed by atoms with E-state index in [1.165, 1.54) is 27.5 Å². The SMILES string of the molecule is CC1(C)C=Cc2nc(-n3c4ccccc4c4ccccc43)nc(-c3ccc(-c4ccccc4)cc3)c21. The van der Waals surface area contributed by atoms with Crippen molar-refractivity contribution in [2.24, 2.45) is 0 Å². The highest BCUT2D eigenvalue weighted by Crippen LogP contribution is 2.41. The van der Waals surface area contributed by atoms with Crippen molar-refractivity contribution in [2.75, 3.05) is 0 Å². The minimum absolute atomic E-state index is 0.137. The van der Waals surface area contributed by atoms with Crippen LogP contribution in [0.1, 0.15) is 25.1 Å². The molecule has 0 aliphatic heterocycles. The highest BCUT2D eigenvalue weighted by Gasteiger charge is 2.32. The Bertz CT molecular complexity index is 1740. The number of rotatable bonds is 3. The molecule has 0 bridgehead atoms. The highest BCUT2D eigenvalue weighted by atomic mass is 15.2. The van der Waals surface area contributed by atoms with Gasteiger partial charge in [0.25, 0.3) is 0 Å². The van der Waals surface area contributed by atoms with Crippen molar-refractivity contribution in [3.8, 4) is 28.3 Å². The van der Waals surface area contributed by atoms with Crippen LogP contribution in [0, 0.1) is 0 Å². The van der Waals surface area contributed by atoms with E-state index in [9.17, 15) is 0 Å². The lowest BCUT2D eigenvalue weighted by Crippen LogP contribution is -2.16. The van der Waals surface area contributed by atoms with Crippen molar-refractivity contribution in [3.05, 3.63) is 120 Å². The standard InChI is InChI=1S/C33H25N3/c1-33(2)21-20-27-30(33)31(24-18-16-23(17-19-24)22-10-4-3-5-11-22)35-32(34-27)36-28-14-8-6-12-25(28)26-13-7-9-15-29(26)36/h3-21H,1-2H3. The molecule has 0 fully saturated rings. The Kier molecular flexibility index (Phi) is 4.49. The van der Waals surface area contributed by atoms with Crippen LogP contribution in [0.2, 0.25) is 0 Å². The largest absolute Gasteiger partial charge is 0.278 e. The van der Waals surface area contributed by atoms with Crippen LogP contribution in [-0.4, -0.2) is 14.5 Å². The van der Waals surface area contributed by atoms with Gasteiger partial charge in [-0.3, -0.25) is 4.57 Å². The third-order valence-electron chi connectivity index (χ3n) is 7.27. The van der Waals surface area contributed by atoms with Gasteiger partial charge in [0.15, 0.2) is 0 Å². The minimum atomic E-state index is -0.137. The van der Waals surface area contributed by atoms with Crippen molar-refractivity contribution >= 4 is 27.9 Å². The van der Waals surface area contributed by atoms with Gasteiger partial charge in [0.2, 0.25) is 5.95 Å². The fraction of sp³-hybridized carbons (Fsp3) is 0.0909. The summed E-state index contributed by atoms with van der Waals surface area (Å²) in [6, 6.07) is 36.2. The van der Waals surface area contributed by atoms with Gasteiger partial charge in [-0.05, 0) is 29.3 Å². The molecule has 0 atom stereocenters. The van der Waals surface area contributed by atoms with E-state index >= 15 is 0 Å². The maximum Gasteiger partial charge on any atom is 0.235 e. The van der Waals surface area contributed by atoms with Crippen molar-refractivity contribution in [2.45, 2.75) is 19.3 Å². The molecule has 36 heavy (non-hydrogen) atoms. The number of fused-ring (bicyclic) bond motifs is 4. The molecule has 1 aliphatic carbocycles. The van der Waals surface area contributed by atoms with Gasteiger partial charge in [-0.2, -0.15) is 0 Å². The summed E-state index contributed by atoms with van der Waals surface area (Å²) in [6.07, 6.45) is 4.39. The summed E-state index contributed by atoms with van der Waals surface area (Å²) < 4.78 is 2.20. The molecule has 0 unspecified atom stereocenters. The zero-order chi connectivity index (χ0) is 24.3. The van der Waals surface area contributed by atoms with Gasteiger partial charge < -0.3 is 0 Å². The molecule has 0 saturated carbocycles. The second-order valence-corrected chi connectivity index (χ2v) is 10.0. The second-order valence-electron chi connectivity index (χ2n) is 10.0. The summed E-state index contributed by atoms with van der Waals surface area (Å²) in [6.45, 7) is 4.47. The summed E-state index contributed by atoms with van der Waals surface area (Å²) in [5.41, 5.74) is 8.78. The third kappa shape index (κ3) is 3.13. The topological polar surface area (TPSA) is 30.7 Å². The van der Waals surface area contributed by atoms with Crippen LogP contribution in [0.15, 0.2) is 109 Å². The van der Waals surface area contributed by atoms with E-state index in [1.807, 2.05) is 6.07 Å². The number of aromatic nitrogens is 3. The molecular weight excluding hydrogens is 438 g/mol. The fourth-order valence-corrected chi connectivity index (χ4v) is 5.49. The average Bonchev–Trinajstić information content (AvgIpc) is 3.43. The maximum absolute atomic E-state index is 5.27. The first-order chi connectivity index (χ1) is 17.6. The fourth-order valence-electron chi connectivity index (χ4n) is 5.49. The lowest BCUT2D eigenvalue weighted by atomic mass is 9.85. The van der Waals surface area contributed by atoms with Crippen LogP contribution in [0.4, 0.5) is 0 Å². The lowest BCUT2D eigenvalue weighted by Gasteiger charge is -2.22. The van der Waals surface area contributed by atoms with Gasteiger partial charge in [-0.25, -0.2) is 9.97 Å². The van der Waals surface area contributed by atoms with Crippen LogP contribution in [0.5, 0.6) is 0 Å². The summed E-state index contributed by atoms with van der Waals surface area (Å²) in [5.74, 6) is 0.704. The maximum atomic E-state index is 5.27. The number of allylic oxidation sites excluding steroid dienone is 1. The summed E-state index contributed by atoms with van der Waals surface area (Å²) >= 11 is 0. The molecule has 7 rings (SSSR count). The van der Waals surface area contributed by atoms with E-state index in [1.54, 1.807) is 0 Å². The second kappa shape index (κ2) is 7.76. The molecule has 4 aromatic carbocycles. The number of nitrogens with zero attached hydrogens (tertiary/aromatic N) is 3. The zero-order valence-electron chi connectivity index (χ0n) is 20.3. The molecule has 0 N–H and O–H groups in total. The zero-order valence-corrected chi connectivity index (χ0v) is 20.3. The van der Waals surface area contributed by atoms with E-state index < -0.39 is 0 Å². The molecule has 0 spiro atoms. The van der Waals surface area contributed by atoms with E-state index in [-0.39, 0.29) is 5.41 Å². The first-order valence-electron chi connectivity index (χ1n) is 12.4. The third-order valence-corrected chi connectivity index (χ3v) is 7.27. The van der Waals surface area contributed by atoms with Crippen LogP contribution in [0.3, 0.4) is 0 Å². The van der Waals surface area contributed by atoms with Gasteiger partial charge in [0.05, 0.1) is 22.4 Å². The molecule has 3 heteroatoms. The van der Waals surface area contributed by atoms with Gasteiger partial charge in [-0.1, -0.05) is 111 Å². The summed E-state index contributed by atoms with van der Waals surface area (Å²) in [4.78, 5) is 10.4. The van der Waals surface area contributed by atoms with Gasteiger partial charge in [0.1, 0.15) is 0 Å². The van der Waals surface area contributed by atoms with Crippen molar-refractivity contribution in [3.63, 3.8) is 0 Å². The molecule has 6 aromatic rings. The Morgan fingerprint density at radius 3 is 1.81 bits per heavy atom. The predicted molar refractivity (Wildman–Crippen MR) is 149 cm³/mol. The van der Waals surface area contributed by atoms with E-state index in [2.05, 4.69) is 128 Å². The predicted octanol–water partition coefficient (Wildman–Crippen LogP) is 8.21. The monoisotopic (exact) mass is 463 g/mol. The molecule has 3 nitrogen and oxygen atoms in total. The smallest absolute Gasteiger partial charge is 0.235 e. The van der Waals surface area contributed by atoms with Crippen molar-refractivity contribution < 1.29 is 0 Å². The van der Waals surface area contributed by atoms with E-state index in [4.69, 9.17) is 9.97 Å². The van der Waals surface area contributed by atoms with E-state index in [0.717, 1.165) is 28.0 Å². The lowest BCUT2D eigenvalue weighted by molar-refractivity contribution is 0.677. The normalized spacial score (nSPS) is 13.9. The van der Waals surface area contributed by atoms with Crippen LogP contribution >= 0.6 is 0 Å². The first-order valence-corrected chi connectivity index (χ1v) is 12.4. The Labute approximate surface area is 210 Å². The molecule has 172 valence electrons. The van der Waals surface area contributed by atoms with Crippen molar-refractivity contribution in [1.82, 2.24) is 14.5 Å². The van der Waals surface area contributed by atoms with Crippen LogP contribution < -0.4 is 0 Å². The van der Waals surface area contributed by atoms with Crippen LogP contribution in [0.25, 0.3) is 56.2 Å². The number of para-hydroxylation sites is 2. The highest BCUT2D eigenvalue weighted by molar-refractivity contribution is 6.09. The average molecular weight is 464 g/mol. The molecule has 1 aliphatic rings. The Balaban J connectivity index is 1.47.